The Bertz CT molecular complexity index is 1760. The van der Waals surface area contributed by atoms with E-state index >= 15 is 4.39 Å². The normalized spacial score (nSPS) is 20.2. The number of aliphatic imine (C=N–C) groups is 1. The topological polar surface area (TPSA) is 85.7 Å². The van der Waals surface area contributed by atoms with Crippen LogP contribution in [0, 0.1) is 12.7 Å². The predicted molar refractivity (Wildman–Crippen MR) is 156 cm³/mol. The molecular weight excluding hydrogens is 539 g/mol. The minimum absolute atomic E-state index is 0.319. The van der Waals surface area contributed by atoms with Gasteiger partial charge in [-0.2, -0.15) is 5.10 Å². The average molecular weight is 567 g/mol. The number of aromatic nitrogens is 3. The summed E-state index contributed by atoms with van der Waals surface area (Å²) in [5.41, 5.74) is 3.33. The lowest BCUT2D eigenvalue weighted by molar-refractivity contribution is -0.0305. The molecule has 7 rings (SSSR count). The number of halogens is 1. The maximum absolute atomic E-state index is 15.3. The number of nitrogens with zero attached hydrogens (tertiary/aromatic N) is 6. The zero-order valence-electron chi connectivity index (χ0n) is 22.4. The summed E-state index contributed by atoms with van der Waals surface area (Å²) < 4.78 is 29.4. The highest BCUT2D eigenvalue weighted by molar-refractivity contribution is 7.15. The van der Waals surface area contributed by atoms with E-state index in [-0.39, 0.29) is 11.9 Å². The van der Waals surface area contributed by atoms with Crippen LogP contribution in [0.5, 0.6) is 5.75 Å². The molecule has 5 heterocycles. The van der Waals surface area contributed by atoms with Crippen molar-refractivity contribution in [3.05, 3.63) is 94.9 Å². The molecule has 206 valence electrons. The van der Waals surface area contributed by atoms with Crippen LogP contribution in [0.15, 0.2) is 88.1 Å². The molecule has 0 saturated carbocycles. The highest BCUT2D eigenvalue weighted by Crippen LogP contribution is 2.49. The number of fused-ring (bicyclic) bond motifs is 1. The lowest BCUT2D eigenvalue weighted by atomic mass is 9.93. The standard InChI is InChI=1S/C31H27FN6O2S/c1-20-27(25-17-22(14-15-38(25)36-20)40-18-21-9-3-2-4-10-21)30-35-28(23-11-5-6-12-24(23)32)29(41-30)31(33-19-34-37-31)26-13-7-8-16-39-26/h2-6,9-12,14-15,17,19,26H,7-8,13,16,18H2,1H3. The second-order valence-electron chi connectivity index (χ2n) is 10.1. The first-order valence-corrected chi connectivity index (χ1v) is 14.4. The molecule has 5 aromatic rings. The van der Waals surface area contributed by atoms with E-state index in [4.69, 9.17) is 24.5 Å². The summed E-state index contributed by atoms with van der Waals surface area (Å²) in [6, 6.07) is 20.6. The SMILES string of the molecule is Cc1nn2ccc(OCc3ccccc3)cc2c1-c1nc(-c2ccccc2F)c(C2(C3CCCCO3)N=CN=N2)s1. The largest absolute Gasteiger partial charge is 0.489 e. The Morgan fingerprint density at radius 2 is 1.95 bits per heavy atom. The first-order valence-electron chi connectivity index (χ1n) is 13.6. The summed E-state index contributed by atoms with van der Waals surface area (Å²) >= 11 is 1.44. The zero-order valence-corrected chi connectivity index (χ0v) is 23.2. The lowest BCUT2D eigenvalue weighted by Crippen LogP contribution is -2.39. The van der Waals surface area contributed by atoms with Gasteiger partial charge < -0.3 is 9.47 Å². The number of aryl methyl sites for hydroxylation is 1. The fourth-order valence-electron chi connectivity index (χ4n) is 5.46. The van der Waals surface area contributed by atoms with Crippen LogP contribution in [0.4, 0.5) is 4.39 Å². The third kappa shape index (κ3) is 4.62. The van der Waals surface area contributed by atoms with Gasteiger partial charge in [0, 0.05) is 24.4 Å². The zero-order chi connectivity index (χ0) is 27.8. The van der Waals surface area contributed by atoms with Crippen LogP contribution in [0.1, 0.15) is 35.4 Å². The molecule has 0 radical (unpaired) electrons. The Labute approximate surface area is 240 Å². The summed E-state index contributed by atoms with van der Waals surface area (Å²) in [4.78, 5) is 10.5. The Hall–Kier alpha value is -4.28. The second kappa shape index (κ2) is 10.6. The van der Waals surface area contributed by atoms with Gasteiger partial charge in [0.05, 0.1) is 27.3 Å². The molecule has 41 heavy (non-hydrogen) atoms. The predicted octanol–water partition coefficient (Wildman–Crippen LogP) is 7.37. The number of ether oxygens (including phenoxy) is 2. The minimum atomic E-state index is -1.12. The highest BCUT2D eigenvalue weighted by atomic mass is 32.1. The monoisotopic (exact) mass is 566 g/mol. The Balaban J connectivity index is 1.36. The molecule has 2 aliphatic rings. The number of hydrogen-bond donors (Lipinski definition) is 0. The molecule has 2 aliphatic heterocycles. The summed E-state index contributed by atoms with van der Waals surface area (Å²) in [6.45, 7) is 3.02. The molecule has 0 N–H and O–H groups in total. The first kappa shape index (κ1) is 25.7. The van der Waals surface area contributed by atoms with Crippen LogP contribution in [-0.4, -0.2) is 33.6 Å². The van der Waals surface area contributed by atoms with Crippen LogP contribution < -0.4 is 4.74 Å². The van der Waals surface area contributed by atoms with Gasteiger partial charge in [0.25, 0.3) is 0 Å². The van der Waals surface area contributed by atoms with Crippen molar-refractivity contribution in [1.82, 2.24) is 14.6 Å². The summed E-state index contributed by atoms with van der Waals surface area (Å²) in [6.07, 6.45) is 5.78. The van der Waals surface area contributed by atoms with E-state index in [1.54, 1.807) is 18.2 Å². The van der Waals surface area contributed by atoms with Gasteiger partial charge in [-0.25, -0.2) is 18.9 Å². The molecule has 10 heteroatoms. The van der Waals surface area contributed by atoms with Gasteiger partial charge in [0.15, 0.2) is 0 Å². The van der Waals surface area contributed by atoms with Crippen molar-refractivity contribution in [2.75, 3.05) is 6.61 Å². The van der Waals surface area contributed by atoms with Crippen molar-refractivity contribution in [2.45, 2.75) is 44.6 Å². The first-order chi connectivity index (χ1) is 20.1. The van der Waals surface area contributed by atoms with Crippen molar-refractivity contribution in [3.8, 4) is 27.6 Å². The van der Waals surface area contributed by atoms with E-state index in [0.717, 1.165) is 47.3 Å². The number of azo groups is 1. The molecular formula is C31H27FN6O2S. The van der Waals surface area contributed by atoms with E-state index in [9.17, 15) is 0 Å². The third-order valence-electron chi connectivity index (χ3n) is 7.48. The van der Waals surface area contributed by atoms with Gasteiger partial charge in [0.2, 0.25) is 5.66 Å². The number of rotatable bonds is 7. The molecule has 8 nitrogen and oxygen atoms in total. The minimum Gasteiger partial charge on any atom is -0.489 e. The van der Waals surface area contributed by atoms with Gasteiger partial charge >= 0.3 is 0 Å². The summed E-state index contributed by atoms with van der Waals surface area (Å²) in [7, 11) is 0. The van der Waals surface area contributed by atoms with Gasteiger partial charge in [-0.15, -0.1) is 21.6 Å². The van der Waals surface area contributed by atoms with Gasteiger partial charge in [-0.05, 0) is 49.9 Å². The summed E-state index contributed by atoms with van der Waals surface area (Å²) in [5, 5.41) is 14.2. The molecule has 0 amide bonds. The number of hydrogen-bond acceptors (Lipinski definition) is 8. The van der Waals surface area contributed by atoms with E-state index in [1.807, 2.05) is 60.1 Å². The fraction of sp³-hybridized carbons (Fsp3) is 0.258. The van der Waals surface area contributed by atoms with Gasteiger partial charge in [-0.1, -0.05) is 42.5 Å². The molecule has 0 aliphatic carbocycles. The third-order valence-corrected chi connectivity index (χ3v) is 8.67. The lowest BCUT2D eigenvalue weighted by Gasteiger charge is -2.33. The van der Waals surface area contributed by atoms with Crippen molar-refractivity contribution in [3.63, 3.8) is 0 Å². The molecule has 0 bridgehead atoms. The second-order valence-corrected chi connectivity index (χ2v) is 11.1. The molecule has 2 aromatic carbocycles. The Morgan fingerprint density at radius 3 is 2.73 bits per heavy atom. The van der Waals surface area contributed by atoms with Gasteiger partial charge in [0.1, 0.15) is 35.6 Å². The maximum Gasteiger partial charge on any atom is 0.234 e. The maximum atomic E-state index is 15.3. The van der Waals surface area contributed by atoms with Gasteiger partial charge in [-0.3, -0.25) is 0 Å². The van der Waals surface area contributed by atoms with Crippen LogP contribution in [-0.2, 0) is 17.0 Å². The fourth-order valence-corrected chi connectivity index (χ4v) is 6.77. The molecule has 2 atom stereocenters. The number of thiazole rings is 1. The number of pyridine rings is 1. The average Bonchev–Trinajstić information content (AvgIpc) is 3.74. The number of benzene rings is 2. The van der Waals surface area contributed by atoms with Crippen LogP contribution in [0.3, 0.4) is 0 Å². The quantitative estimate of drug-likeness (QED) is 0.206. The highest BCUT2D eigenvalue weighted by Gasteiger charge is 2.48. The summed E-state index contributed by atoms with van der Waals surface area (Å²) in [5.74, 6) is 0.354. The molecule has 1 saturated heterocycles. The van der Waals surface area contributed by atoms with Crippen molar-refractivity contribution >= 4 is 23.2 Å². The van der Waals surface area contributed by atoms with Crippen molar-refractivity contribution in [2.24, 2.45) is 15.2 Å². The molecule has 2 unspecified atom stereocenters. The molecule has 1 fully saturated rings. The van der Waals surface area contributed by atoms with Crippen LogP contribution >= 0.6 is 11.3 Å². The molecule has 0 spiro atoms. The smallest absolute Gasteiger partial charge is 0.234 e. The Kier molecular flexibility index (Phi) is 6.64. The van der Waals surface area contributed by atoms with Crippen molar-refractivity contribution in [1.29, 1.82) is 0 Å². The van der Waals surface area contributed by atoms with E-state index in [2.05, 4.69) is 10.2 Å². The van der Waals surface area contributed by atoms with Crippen molar-refractivity contribution < 1.29 is 13.9 Å². The molecule has 3 aromatic heterocycles. The Morgan fingerprint density at radius 1 is 1.10 bits per heavy atom. The van der Waals surface area contributed by atoms with E-state index in [1.165, 1.54) is 23.7 Å². The van der Waals surface area contributed by atoms with Crippen LogP contribution in [0.25, 0.3) is 27.3 Å². The van der Waals surface area contributed by atoms with E-state index in [0.29, 0.717) is 34.4 Å². The van der Waals surface area contributed by atoms with E-state index < -0.39 is 5.66 Å². The van der Waals surface area contributed by atoms with Crippen LogP contribution in [0.2, 0.25) is 0 Å².